The third-order valence-electron chi connectivity index (χ3n) is 3.79. The second-order valence-electron chi connectivity index (χ2n) is 5.28. The van der Waals surface area contributed by atoms with E-state index in [1.807, 2.05) is 19.9 Å². The van der Waals surface area contributed by atoms with Gasteiger partial charge < -0.3 is 10.1 Å². The zero-order chi connectivity index (χ0) is 14.9. The van der Waals surface area contributed by atoms with E-state index in [1.54, 1.807) is 13.1 Å². The monoisotopic (exact) mass is 298 g/mol. The van der Waals surface area contributed by atoms with Crippen LogP contribution in [0.15, 0.2) is 17.0 Å². The Morgan fingerprint density at radius 2 is 2.05 bits per heavy atom. The van der Waals surface area contributed by atoms with Crippen molar-refractivity contribution in [2.45, 2.75) is 31.2 Å². The molecule has 0 aromatic heterocycles. The molecule has 0 radical (unpaired) electrons. The number of benzene rings is 1. The first-order valence-electron chi connectivity index (χ1n) is 6.72. The van der Waals surface area contributed by atoms with E-state index < -0.39 is 10.0 Å². The van der Waals surface area contributed by atoms with Gasteiger partial charge in [0, 0.05) is 19.6 Å². The highest BCUT2D eigenvalue weighted by Crippen LogP contribution is 2.32. The SMILES string of the molecule is COc1c(C)cc(C)cc1S(=O)(=O)N(C)C1CCNC1. The van der Waals surface area contributed by atoms with Crippen LogP contribution in [0.5, 0.6) is 5.75 Å². The van der Waals surface area contributed by atoms with Crippen LogP contribution in [0, 0.1) is 13.8 Å². The van der Waals surface area contributed by atoms with Crippen LogP contribution in [0.2, 0.25) is 0 Å². The summed E-state index contributed by atoms with van der Waals surface area (Å²) in [6.45, 7) is 5.31. The molecule has 0 aliphatic carbocycles. The first-order valence-corrected chi connectivity index (χ1v) is 8.16. The van der Waals surface area contributed by atoms with Gasteiger partial charge in [-0.25, -0.2) is 8.42 Å². The van der Waals surface area contributed by atoms with Crippen LogP contribution in [0.25, 0.3) is 0 Å². The molecule has 1 aliphatic rings. The summed E-state index contributed by atoms with van der Waals surface area (Å²) >= 11 is 0. The summed E-state index contributed by atoms with van der Waals surface area (Å²) in [6.07, 6.45) is 0.836. The summed E-state index contributed by atoms with van der Waals surface area (Å²) < 4.78 is 32.4. The van der Waals surface area contributed by atoms with Crippen molar-refractivity contribution in [1.29, 1.82) is 0 Å². The summed E-state index contributed by atoms with van der Waals surface area (Å²) in [6, 6.07) is 3.61. The Bertz CT molecular complexity index is 593. The third-order valence-corrected chi connectivity index (χ3v) is 5.71. The highest BCUT2D eigenvalue weighted by Gasteiger charge is 2.32. The molecular weight excluding hydrogens is 276 g/mol. The molecule has 1 aromatic rings. The van der Waals surface area contributed by atoms with Crippen molar-refractivity contribution in [2.24, 2.45) is 0 Å². The molecule has 0 bridgehead atoms. The Kier molecular flexibility index (Phi) is 4.36. The summed E-state index contributed by atoms with van der Waals surface area (Å²) in [7, 11) is -0.391. The van der Waals surface area contributed by atoms with Crippen molar-refractivity contribution in [3.63, 3.8) is 0 Å². The number of likely N-dealkylation sites (N-methyl/N-ethyl adjacent to an activating group) is 1. The second-order valence-corrected chi connectivity index (χ2v) is 7.25. The van der Waals surface area contributed by atoms with Gasteiger partial charge in [0.1, 0.15) is 10.6 Å². The van der Waals surface area contributed by atoms with Crippen molar-refractivity contribution < 1.29 is 13.2 Å². The van der Waals surface area contributed by atoms with Gasteiger partial charge in [-0.3, -0.25) is 0 Å². The fourth-order valence-corrected chi connectivity index (χ4v) is 4.37. The molecule has 1 saturated heterocycles. The lowest BCUT2D eigenvalue weighted by Crippen LogP contribution is -2.38. The van der Waals surface area contributed by atoms with E-state index in [-0.39, 0.29) is 10.9 Å². The molecule has 1 heterocycles. The van der Waals surface area contributed by atoms with Gasteiger partial charge in [-0.05, 0) is 44.0 Å². The second kappa shape index (κ2) is 5.71. The number of ether oxygens (including phenoxy) is 1. The summed E-state index contributed by atoms with van der Waals surface area (Å²) in [5.41, 5.74) is 1.75. The summed E-state index contributed by atoms with van der Waals surface area (Å²) in [5, 5.41) is 3.19. The number of hydrogen-bond donors (Lipinski definition) is 1. The number of rotatable bonds is 4. The molecule has 1 fully saturated rings. The van der Waals surface area contributed by atoms with Crippen molar-refractivity contribution in [3.05, 3.63) is 23.3 Å². The van der Waals surface area contributed by atoms with Crippen LogP contribution in [0.1, 0.15) is 17.5 Å². The van der Waals surface area contributed by atoms with E-state index in [1.165, 1.54) is 11.4 Å². The van der Waals surface area contributed by atoms with Crippen LogP contribution < -0.4 is 10.1 Å². The van der Waals surface area contributed by atoms with Crippen LogP contribution in [-0.4, -0.2) is 46.0 Å². The molecule has 112 valence electrons. The van der Waals surface area contributed by atoms with Gasteiger partial charge in [-0.2, -0.15) is 4.31 Å². The molecular formula is C14H22N2O3S. The number of aryl methyl sites for hydroxylation is 2. The molecule has 1 aromatic carbocycles. The minimum atomic E-state index is -3.54. The van der Waals surface area contributed by atoms with E-state index in [0.29, 0.717) is 12.3 Å². The minimum absolute atomic E-state index is 0.00512. The van der Waals surface area contributed by atoms with E-state index in [2.05, 4.69) is 5.32 Å². The van der Waals surface area contributed by atoms with Gasteiger partial charge in [0.25, 0.3) is 0 Å². The van der Waals surface area contributed by atoms with Crippen LogP contribution in [0.3, 0.4) is 0 Å². The molecule has 0 saturated carbocycles. The van der Waals surface area contributed by atoms with E-state index in [4.69, 9.17) is 4.74 Å². The van der Waals surface area contributed by atoms with Crippen LogP contribution in [0.4, 0.5) is 0 Å². The van der Waals surface area contributed by atoms with Gasteiger partial charge >= 0.3 is 0 Å². The largest absolute Gasteiger partial charge is 0.495 e. The van der Waals surface area contributed by atoms with Gasteiger partial charge in [-0.1, -0.05) is 6.07 Å². The zero-order valence-electron chi connectivity index (χ0n) is 12.4. The van der Waals surface area contributed by atoms with E-state index in [0.717, 1.165) is 24.1 Å². The number of sulfonamides is 1. The van der Waals surface area contributed by atoms with E-state index in [9.17, 15) is 8.42 Å². The smallest absolute Gasteiger partial charge is 0.246 e. The average molecular weight is 298 g/mol. The fraction of sp³-hybridized carbons (Fsp3) is 0.571. The lowest BCUT2D eigenvalue weighted by atomic mass is 10.1. The Labute approximate surface area is 121 Å². The lowest BCUT2D eigenvalue weighted by molar-refractivity contribution is 0.374. The molecule has 1 N–H and O–H groups in total. The van der Waals surface area contributed by atoms with E-state index >= 15 is 0 Å². The van der Waals surface area contributed by atoms with Gasteiger partial charge in [-0.15, -0.1) is 0 Å². The number of nitrogens with one attached hydrogen (secondary N) is 1. The van der Waals surface area contributed by atoms with Gasteiger partial charge in [0.2, 0.25) is 10.0 Å². The average Bonchev–Trinajstić information content (AvgIpc) is 2.90. The van der Waals surface area contributed by atoms with Crippen molar-refractivity contribution >= 4 is 10.0 Å². The van der Waals surface area contributed by atoms with Crippen molar-refractivity contribution in [3.8, 4) is 5.75 Å². The summed E-state index contributed by atoms with van der Waals surface area (Å²) in [4.78, 5) is 0.256. The minimum Gasteiger partial charge on any atom is -0.495 e. The number of methoxy groups -OCH3 is 1. The quantitative estimate of drug-likeness (QED) is 0.910. The maximum absolute atomic E-state index is 12.8. The maximum atomic E-state index is 12.8. The van der Waals surface area contributed by atoms with Crippen LogP contribution >= 0.6 is 0 Å². The lowest BCUT2D eigenvalue weighted by Gasteiger charge is -2.24. The van der Waals surface area contributed by atoms with Crippen molar-refractivity contribution in [2.75, 3.05) is 27.2 Å². The van der Waals surface area contributed by atoms with Gasteiger partial charge in [0.05, 0.1) is 7.11 Å². The third kappa shape index (κ3) is 2.68. The first kappa shape index (κ1) is 15.3. The van der Waals surface area contributed by atoms with Crippen molar-refractivity contribution in [1.82, 2.24) is 9.62 Å². The molecule has 6 heteroatoms. The predicted octanol–water partition coefficient (Wildman–Crippen LogP) is 1.29. The molecule has 20 heavy (non-hydrogen) atoms. The first-order chi connectivity index (χ1) is 9.37. The predicted molar refractivity (Wildman–Crippen MR) is 78.7 cm³/mol. The highest BCUT2D eigenvalue weighted by atomic mass is 32.2. The molecule has 0 amide bonds. The molecule has 2 rings (SSSR count). The topological polar surface area (TPSA) is 58.6 Å². The Morgan fingerprint density at radius 3 is 2.60 bits per heavy atom. The number of hydrogen-bond acceptors (Lipinski definition) is 4. The maximum Gasteiger partial charge on any atom is 0.246 e. The molecule has 1 unspecified atom stereocenters. The van der Waals surface area contributed by atoms with Crippen LogP contribution in [-0.2, 0) is 10.0 Å². The standard InChI is InChI=1S/C14H22N2O3S/c1-10-7-11(2)14(19-4)13(8-10)20(17,18)16(3)12-5-6-15-9-12/h7-8,12,15H,5-6,9H2,1-4H3. The fourth-order valence-electron chi connectivity index (χ4n) is 2.67. The Hall–Kier alpha value is -1.11. The normalized spacial score (nSPS) is 19.6. The van der Waals surface area contributed by atoms with Gasteiger partial charge in [0.15, 0.2) is 0 Å². The summed E-state index contributed by atoms with van der Waals surface area (Å²) in [5.74, 6) is 0.438. The zero-order valence-corrected chi connectivity index (χ0v) is 13.3. The molecule has 5 nitrogen and oxygen atoms in total. The molecule has 0 spiro atoms. The number of nitrogens with zero attached hydrogens (tertiary/aromatic N) is 1. The molecule has 1 atom stereocenters. The highest BCUT2D eigenvalue weighted by molar-refractivity contribution is 7.89. The molecule has 1 aliphatic heterocycles. The Balaban J connectivity index is 2.48. The Morgan fingerprint density at radius 1 is 1.35 bits per heavy atom.